The second kappa shape index (κ2) is 8.85. The van der Waals surface area contributed by atoms with E-state index in [1.807, 2.05) is 36.4 Å². The lowest BCUT2D eigenvalue weighted by atomic mass is 10.1. The lowest BCUT2D eigenvalue weighted by Crippen LogP contribution is -2.13. The molecule has 0 aliphatic rings. The SMILES string of the molecule is COc1ccc(CCNc2ccc(NC(=O)c3ccccc3F)cc2)cc1. The van der Waals surface area contributed by atoms with Crippen molar-refractivity contribution < 1.29 is 13.9 Å². The van der Waals surface area contributed by atoms with Crippen molar-refractivity contribution in [2.24, 2.45) is 0 Å². The van der Waals surface area contributed by atoms with E-state index in [4.69, 9.17) is 4.74 Å². The third kappa shape index (κ3) is 5.07. The van der Waals surface area contributed by atoms with Crippen molar-refractivity contribution in [1.29, 1.82) is 0 Å². The Morgan fingerprint density at radius 2 is 1.59 bits per heavy atom. The van der Waals surface area contributed by atoms with E-state index in [0.29, 0.717) is 5.69 Å². The summed E-state index contributed by atoms with van der Waals surface area (Å²) in [6.07, 6.45) is 0.885. The van der Waals surface area contributed by atoms with Crippen molar-refractivity contribution in [2.45, 2.75) is 6.42 Å². The van der Waals surface area contributed by atoms with Crippen LogP contribution in [-0.4, -0.2) is 19.6 Å². The fourth-order valence-electron chi connectivity index (χ4n) is 2.66. The summed E-state index contributed by atoms with van der Waals surface area (Å²) in [5.41, 5.74) is 2.81. The van der Waals surface area contributed by atoms with Crippen LogP contribution in [0.2, 0.25) is 0 Å². The fourth-order valence-corrected chi connectivity index (χ4v) is 2.66. The number of ether oxygens (including phenoxy) is 1. The minimum absolute atomic E-state index is 0.0270. The van der Waals surface area contributed by atoms with Crippen LogP contribution in [0.15, 0.2) is 72.8 Å². The number of carbonyl (C=O) groups excluding carboxylic acids is 1. The summed E-state index contributed by atoms with van der Waals surface area (Å²) in [5.74, 6) is -0.153. The van der Waals surface area contributed by atoms with Gasteiger partial charge in [-0.3, -0.25) is 4.79 Å². The highest BCUT2D eigenvalue weighted by Gasteiger charge is 2.10. The zero-order valence-corrected chi connectivity index (χ0v) is 15.0. The van der Waals surface area contributed by atoms with Gasteiger partial charge in [0.1, 0.15) is 11.6 Å². The smallest absolute Gasteiger partial charge is 0.258 e. The van der Waals surface area contributed by atoms with E-state index in [2.05, 4.69) is 10.6 Å². The van der Waals surface area contributed by atoms with Crippen LogP contribution >= 0.6 is 0 Å². The van der Waals surface area contributed by atoms with Gasteiger partial charge in [0, 0.05) is 17.9 Å². The number of nitrogens with one attached hydrogen (secondary N) is 2. The summed E-state index contributed by atoms with van der Waals surface area (Å²) >= 11 is 0. The molecule has 3 rings (SSSR count). The molecular weight excluding hydrogens is 343 g/mol. The Morgan fingerprint density at radius 1 is 0.926 bits per heavy atom. The molecule has 0 saturated carbocycles. The van der Waals surface area contributed by atoms with Gasteiger partial charge in [0.15, 0.2) is 0 Å². The zero-order chi connectivity index (χ0) is 19.1. The van der Waals surface area contributed by atoms with Gasteiger partial charge in [0.05, 0.1) is 12.7 Å². The number of methoxy groups -OCH3 is 1. The van der Waals surface area contributed by atoms with Crippen LogP contribution in [-0.2, 0) is 6.42 Å². The van der Waals surface area contributed by atoms with Gasteiger partial charge in [0.25, 0.3) is 5.91 Å². The number of benzene rings is 3. The molecule has 138 valence electrons. The number of halogens is 1. The Balaban J connectivity index is 1.51. The third-order valence-electron chi connectivity index (χ3n) is 4.16. The first kappa shape index (κ1) is 18.5. The first-order valence-corrected chi connectivity index (χ1v) is 8.68. The predicted molar refractivity (Wildman–Crippen MR) is 106 cm³/mol. The van der Waals surface area contributed by atoms with Gasteiger partial charge in [-0.05, 0) is 60.5 Å². The van der Waals surface area contributed by atoms with Crippen molar-refractivity contribution in [3.05, 3.63) is 89.7 Å². The van der Waals surface area contributed by atoms with E-state index in [1.54, 1.807) is 31.4 Å². The molecule has 1 amide bonds. The molecule has 0 heterocycles. The standard InChI is InChI=1S/C22H21FN2O2/c1-27-19-12-6-16(7-13-19)14-15-24-17-8-10-18(11-9-17)25-22(26)20-4-2-3-5-21(20)23/h2-13,24H,14-15H2,1H3,(H,25,26). The highest BCUT2D eigenvalue weighted by atomic mass is 19.1. The number of anilines is 2. The summed E-state index contributed by atoms with van der Waals surface area (Å²) in [6, 6.07) is 21.2. The molecule has 27 heavy (non-hydrogen) atoms. The molecule has 3 aromatic carbocycles. The van der Waals surface area contributed by atoms with E-state index in [0.717, 1.165) is 24.4 Å². The third-order valence-corrected chi connectivity index (χ3v) is 4.16. The van der Waals surface area contributed by atoms with Crippen molar-refractivity contribution in [3.8, 4) is 5.75 Å². The molecule has 0 spiro atoms. The topological polar surface area (TPSA) is 50.4 Å². The van der Waals surface area contributed by atoms with Crippen LogP contribution < -0.4 is 15.4 Å². The molecule has 0 radical (unpaired) electrons. The lowest BCUT2D eigenvalue weighted by molar-refractivity contribution is 0.102. The first-order chi connectivity index (χ1) is 13.2. The quantitative estimate of drug-likeness (QED) is 0.637. The van der Waals surface area contributed by atoms with Gasteiger partial charge in [0.2, 0.25) is 0 Å². The average Bonchev–Trinajstić information content (AvgIpc) is 2.70. The summed E-state index contributed by atoms with van der Waals surface area (Å²) in [5, 5.41) is 6.04. The van der Waals surface area contributed by atoms with Gasteiger partial charge in [-0.2, -0.15) is 0 Å². The van der Waals surface area contributed by atoms with E-state index >= 15 is 0 Å². The molecule has 0 aromatic heterocycles. The fraction of sp³-hybridized carbons (Fsp3) is 0.136. The number of amides is 1. The Morgan fingerprint density at radius 3 is 2.26 bits per heavy atom. The number of hydrogen-bond donors (Lipinski definition) is 2. The Hall–Kier alpha value is -3.34. The minimum atomic E-state index is -0.535. The molecule has 3 aromatic rings. The van der Waals surface area contributed by atoms with Gasteiger partial charge in [-0.15, -0.1) is 0 Å². The molecule has 4 nitrogen and oxygen atoms in total. The Bertz CT molecular complexity index is 893. The summed E-state index contributed by atoms with van der Waals surface area (Å²) in [4.78, 5) is 12.1. The van der Waals surface area contributed by atoms with Crippen LogP contribution in [0.3, 0.4) is 0 Å². The monoisotopic (exact) mass is 364 g/mol. The molecule has 0 aliphatic carbocycles. The minimum Gasteiger partial charge on any atom is -0.497 e. The summed E-state index contributed by atoms with van der Waals surface area (Å²) < 4.78 is 18.8. The molecule has 2 N–H and O–H groups in total. The molecular formula is C22H21FN2O2. The second-order valence-corrected chi connectivity index (χ2v) is 6.04. The van der Waals surface area contributed by atoms with E-state index in [-0.39, 0.29) is 5.56 Å². The van der Waals surface area contributed by atoms with Crippen molar-refractivity contribution in [3.63, 3.8) is 0 Å². The Labute approximate surface area is 158 Å². The molecule has 0 saturated heterocycles. The predicted octanol–water partition coefficient (Wildman–Crippen LogP) is 4.74. The van der Waals surface area contributed by atoms with Crippen molar-refractivity contribution in [2.75, 3.05) is 24.3 Å². The van der Waals surface area contributed by atoms with Gasteiger partial charge < -0.3 is 15.4 Å². The van der Waals surface area contributed by atoms with E-state index < -0.39 is 11.7 Å². The van der Waals surface area contributed by atoms with E-state index in [1.165, 1.54) is 17.7 Å². The van der Waals surface area contributed by atoms with Crippen LogP contribution in [0.4, 0.5) is 15.8 Å². The maximum Gasteiger partial charge on any atom is 0.258 e. The summed E-state index contributed by atoms with van der Waals surface area (Å²) in [7, 11) is 1.65. The van der Waals surface area contributed by atoms with Crippen LogP contribution in [0.25, 0.3) is 0 Å². The molecule has 0 aliphatic heterocycles. The van der Waals surface area contributed by atoms with Gasteiger partial charge >= 0.3 is 0 Å². The lowest BCUT2D eigenvalue weighted by Gasteiger charge is -2.09. The largest absolute Gasteiger partial charge is 0.497 e. The maximum atomic E-state index is 13.7. The highest BCUT2D eigenvalue weighted by molar-refractivity contribution is 6.04. The van der Waals surface area contributed by atoms with Crippen molar-refractivity contribution in [1.82, 2.24) is 0 Å². The molecule has 0 atom stereocenters. The highest BCUT2D eigenvalue weighted by Crippen LogP contribution is 2.16. The summed E-state index contributed by atoms with van der Waals surface area (Å²) in [6.45, 7) is 0.785. The van der Waals surface area contributed by atoms with Crippen LogP contribution in [0, 0.1) is 5.82 Å². The van der Waals surface area contributed by atoms with Crippen molar-refractivity contribution >= 4 is 17.3 Å². The van der Waals surface area contributed by atoms with Gasteiger partial charge in [-0.1, -0.05) is 24.3 Å². The average molecular weight is 364 g/mol. The Kier molecular flexibility index (Phi) is 6.05. The number of rotatable bonds is 7. The van der Waals surface area contributed by atoms with Crippen LogP contribution in [0.1, 0.15) is 15.9 Å². The molecule has 0 bridgehead atoms. The number of hydrogen-bond acceptors (Lipinski definition) is 3. The first-order valence-electron chi connectivity index (χ1n) is 8.68. The molecule has 5 heteroatoms. The normalized spacial score (nSPS) is 10.3. The van der Waals surface area contributed by atoms with E-state index in [9.17, 15) is 9.18 Å². The number of carbonyl (C=O) groups is 1. The van der Waals surface area contributed by atoms with Crippen LogP contribution in [0.5, 0.6) is 5.75 Å². The molecule has 0 unspecified atom stereocenters. The zero-order valence-electron chi connectivity index (χ0n) is 15.0. The van der Waals surface area contributed by atoms with Gasteiger partial charge in [-0.25, -0.2) is 4.39 Å². The molecule has 0 fully saturated rings. The maximum absolute atomic E-state index is 13.7. The second-order valence-electron chi connectivity index (χ2n) is 6.04.